The summed E-state index contributed by atoms with van der Waals surface area (Å²) in [5.74, 6) is 0.396. The molecule has 0 aromatic heterocycles. The molecule has 1 aromatic carbocycles. The lowest BCUT2D eigenvalue weighted by molar-refractivity contribution is 0.371. The highest BCUT2D eigenvalue weighted by molar-refractivity contribution is 7.89. The van der Waals surface area contributed by atoms with Gasteiger partial charge in [0.1, 0.15) is 10.6 Å². The molecule has 0 heterocycles. The number of methoxy groups -OCH3 is 1. The summed E-state index contributed by atoms with van der Waals surface area (Å²) >= 11 is 0. The minimum absolute atomic E-state index is 0.0415. The number of nitrogens with two attached hydrogens (primary N) is 1. The van der Waals surface area contributed by atoms with Crippen LogP contribution in [0.5, 0.6) is 5.75 Å². The molecular formula is C15H24N2O3S. The van der Waals surface area contributed by atoms with E-state index in [1.54, 1.807) is 13.0 Å². The maximum Gasteiger partial charge on any atom is 0.244 e. The van der Waals surface area contributed by atoms with E-state index in [1.807, 2.05) is 13.0 Å². The van der Waals surface area contributed by atoms with Gasteiger partial charge in [-0.25, -0.2) is 13.1 Å². The van der Waals surface area contributed by atoms with E-state index in [9.17, 15) is 8.42 Å². The van der Waals surface area contributed by atoms with Crippen molar-refractivity contribution in [3.8, 4) is 5.75 Å². The van der Waals surface area contributed by atoms with E-state index in [4.69, 9.17) is 10.5 Å². The second-order valence-electron chi connectivity index (χ2n) is 5.85. The zero-order chi connectivity index (χ0) is 15.6. The molecule has 0 spiro atoms. The molecule has 118 valence electrons. The Balaban J connectivity index is 2.27. The summed E-state index contributed by atoms with van der Waals surface area (Å²) in [5, 5.41) is 0. The topological polar surface area (TPSA) is 81.4 Å². The molecule has 0 atom stereocenters. The lowest BCUT2D eigenvalue weighted by Crippen LogP contribution is -2.40. The summed E-state index contributed by atoms with van der Waals surface area (Å²) in [6.45, 7) is 3.71. The van der Waals surface area contributed by atoms with Gasteiger partial charge in [-0.15, -0.1) is 0 Å². The Bertz CT molecular complexity index is 606. The molecule has 0 saturated heterocycles. The Hall–Kier alpha value is -1.11. The highest BCUT2D eigenvalue weighted by Crippen LogP contribution is 2.30. The molecule has 21 heavy (non-hydrogen) atoms. The first kappa shape index (κ1) is 16.3. The molecule has 0 amide bonds. The predicted octanol–water partition coefficient (Wildman–Crippen LogP) is 1.86. The number of sulfonamides is 1. The molecule has 2 rings (SSSR count). The van der Waals surface area contributed by atoms with E-state index in [0.717, 1.165) is 31.2 Å². The van der Waals surface area contributed by atoms with Gasteiger partial charge in [-0.2, -0.15) is 0 Å². The Kier molecular flexibility index (Phi) is 4.91. The van der Waals surface area contributed by atoms with Gasteiger partial charge in [0, 0.05) is 12.1 Å². The monoisotopic (exact) mass is 312 g/mol. The number of nitrogens with one attached hydrogen (secondary N) is 1. The number of hydrogen-bond donors (Lipinski definition) is 2. The lowest BCUT2D eigenvalue weighted by Gasteiger charge is -2.27. The standard InChI is InChI=1S/C15H24N2O3S/c1-10-8-11(2)15(14(9-10)20-3)21(18,19)17-13-6-4-12(16)5-7-13/h8-9,12-13,17H,4-7,16H2,1-3H3. The van der Waals surface area contributed by atoms with Crippen molar-refractivity contribution in [3.05, 3.63) is 23.3 Å². The molecule has 1 aliphatic rings. The second kappa shape index (κ2) is 6.34. The van der Waals surface area contributed by atoms with Crippen LogP contribution in [0.25, 0.3) is 0 Å². The minimum atomic E-state index is -3.58. The van der Waals surface area contributed by atoms with Crippen LogP contribution in [0.1, 0.15) is 36.8 Å². The molecule has 1 aromatic rings. The first-order valence-corrected chi connectivity index (χ1v) is 8.75. The Morgan fingerprint density at radius 3 is 2.38 bits per heavy atom. The fourth-order valence-corrected chi connectivity index (χ4v) is 4.61. The number of rotatable bonds is 4. The van der Waals surface area contributed by atoms with Crippen LogP contribution in [-0.4, -0.2) is 27.6 Å². The van der Waals surface area contributed by atoms with Gasteiger partial charge in [0.25, 0.3) is 0 Å². The van der Waals surface area contributed by atoms with Crippen LogP contribution in [0.3, 0.4) is 0 Å². The van der Waals surface area contributed by atoms with Crippen molar-refractivity contribution in [2.45, 2.75) is 56.5 Å². The number of benzene rings is 1. The molecule has 0 bridgehead atoms. The van der Waals surface area contributed by atoms with Crippen molar-refractivity contribution in [2.75, 3.05) is 7.11 Å². The third kappa shape index (κ3) is 3.75. The van der Waals surface area contributed by atoms with E-state index in [-0.39, 0.29) is 17.0 Å². The lowest BCUT2D eigenvalue weighted by atomic mass is 9.93. The molecule has 5 nitrogen and oxygen atoms in total. The summed E-state index contributed by atoms with van der Waals surface area (Å²) in [7, 11) is -2.09. The predicted molar refractivity (Wildman–Crippen MR) is 83.0 cm³/mol. The van der Waals surface area contributed by atoms with Crippen LogP contribution < -0.4 is 15.2 Å². The molecule has 0 aliphatic heterocycles. The smallest absolute Gasteiger partial charge is 0.244 e. The Morgan fingerprint density at radius 1 is 1.19 bits per heavy atom. The molecule has 0 unspecified atom stereocenters. The van der Waals surface area contributed by atoms with Crippen molar-refractivity contribution in [2.24, 2.45) is 5.73 Å². The number of hydrogen-bond acceptors (Lipinski definition) is 4. The van der Waals surface area contributed by atoms with Crippen molar-refractivity contribution in [1.82, 2.24) is 4.72 Å². The number of aryl methyl sites for hydroxylation is 2. The summed E-state index contributed by atoms with van der Waals surface area (Å²) < 4.78 is 33.4. The Labute approximate surface area is 126 Å². The van der Waals surface area contributed by atoms with Gasteiger partial charge in [0.2, 0.25) is 10.0 Å². The van der Waals surface area contributed by atoms with Crippen LogP contribution in [0.2, 0.25) is 0 Å². The van der Waals surface area contributed by atoms with Gasteiger partial charge in [-0.1, -0.05) is 6.07 Å². The SMILES string of the molecule is COc1cc(C)cc(C)c1S(=O)(=O)NC1CCC(N)CC1. The third-order valence-corrected chi connectivity index (χ3v) is 5.67. The fraction of sp³-hybridized carbons (Fsp3) is 0.600. The van der Waals surface area contributed by atoms with Gasteiger partial charge in [0.15, 0.2) is 0 Å². The molecule has 3 N–H and O–H groups in total. The van der Waals surface area contributed by atoms with E-state index >= 15 is 0 Å². The summed E-state index contributed by atoms with van der Waals surface area (Å²) in [5.41, 5.74) is 7.54. The minimum Gasteiger partial charge on any atom is -0.495 e. The molecule has 0 radical (unpaired) electrons. The molecule has 1 aliphatic carbocycles. The van der Waals surface area contributed by atoms with Crippen molar-refractivity contribution in [1.29, 1.82) is 0 Å². The van der Waals surface area contributed by atoms with Crippen LogP contribution in [-0.2, 0) is 10.0 Å². The molecule has 6 heteroatoms. The number of ether oxygens (including phenoxy) is 1. The zero-order valence-corrected chi connectivity index (χ0v) is 13.7. The van der Waals surface area contributed by atoms with Crippen LogP contribution >= 0.6 is 0 Å². The van der Waals surface area contributed by atoms with E-state index in [2.05, 4.69) is 4.72 Å². The first-order chi connectivity index (χ1) is 9.83. The highest BCUT2D eigenvalue weighted by atomic mass is 32.2. The molecular weight excluding hydrogens is 288 g/mol. The van der Waals surface area contributed by atoms with Crippen LogP contribution in [0, 0.1) is 13.8 Å². The van der Waals surface area contributed by atoms with Gasteiger partial charge >= 0.3 is 0 Å². The third-order valence-electron chi connectivity index (χ3n) is 3.97. The van der Waals surface area contributed by atoms with E-state index in [1.165, 1.54) is 7.11 Å². The maximum absolute atomic E-state index is 12.7. The zero-order valence-electron chi connectivity index (χ0n) is 12.8. The molecule has 1 fully saturated rings. The Morgan fingerprint density at radius 2 is 1.81 bits per heavy atom. The molecule has 1 saturated carbocycles. The highest BCUT2D eigenvalue weighted by Gasteiger charge is 2.27. The largest absolute Gasteiger partial charge is 0.495 e. The normalized spacial score (nSPS) is 23.0. The average Bonchev–Trinajstić information content (AvgIpc) is 2.39. The van der Waals surface area contributed by atoms with E-state index in [0.29, 0.717) is 11.3 Å². The van der Waals surface area contributed by atoms with E-state index < -0.39 is 10.0 Å². The first-order valence-electron chi connectivity index (χ1n) is 7.26. The summed E-state index contributed by atoms with van der Waals surface area (Å²) in [6, 6.07) is 3.76. The fourth-order valence-electron chi connectivity index (χ4n) is 2.93. The van der Waals surface area contributed by atoms with Gasteiger partial charge < -0.3 is 10.5 Å². The van der Waals surface area contributed by atoms with Gasteiger partial charge in [-0.05, 0) is 56.7 Å². The van der Waals surface area contributed by atoms with Gasteiger partial charge in [0.05, 0.1) is 7.11 Å². The van der Waals surface area contributed by atoms with Crippen LogP contribution in [0.4, 0.5) is 0 Å². The second-order valence-corrected chi connectivity index (χ2v) is 7.50. The van der Waals surface area contributed by atoms with Crippen LogP contribution in [0.15, 0.2) is 17.0 Å². The van der Waals surface area contributed by atoms with Crippen molar-refractivity contribution in [3.63, 3.8) is 0 Å². The summed E-state index contributed by atoms with van der Waals surface area (Å²) in [4.78, 5) is 0.241. The maximum atomic E-state index is 12.7. The summed E-state index contributed by atoms with van der Waals surface area (Å²) in [6.07, 6.45) is 3.29. The average molecular weight is 312 g/mol. The van der Waals surface area contributed by atoms with Crippen molar-refractivity contribution < 1.29 is 13.2 Å². The van der Waals surface area contributed by atoms with Crippen molar-refractivity contribution >= 4 is 10.0 Å². The van der Waals surface area contributed by atoms with Gasteiger partial charge in [-0.3, -0.25) is 0 Å². The quantitative estimate of drug-likeness (QED) is 0.889.